The SMILES string of the molecule is N#Cc1cccc(-c2noc([C@@H]3CCCCN3Cc3ccccn3)n2)c1. The number of rotatable bonds is 4. The number of aromatic nitrogens is 3. The Labute approximate surface area is 152 Å². The second-order valence-corrected chi connectivity index (χ2v) is 6.45. The van der Waals surface area contributed by atoms with Crippen LogP contribution in [0.1, 0.15) is 42.5 Å². The molecule has 1 aromatic carbocycles. The highest BCUT2D eigenvalue weighted by molar-refractivity contribution is 5.57. The van der Waals surface area contributed by atoms with Gasteiger partial charge in [0.2, 0.25) is 11.7 Å². The molecule has 1 saturated heterocycles. The molecule has 3 aromatic rings. The predicted molar refractivity (Wildman–Crippen MR) is 95.7 cm³/mol. The molecule has 0 saturated carbocycles. The van der Waals surface area contributed by atoms with Crippen LogP contribution >= 0.6 is 0 Å². The topological polar surface area (TPSA) is 78.8 Å². The summed E-state index contributed by atoms with van der Waals surface area (Å²) < 4.78 is 5.59. The van der Waals surface area contributed by atoms with Gasteiger partial charge in [-0.15, -0.1) is 0 Å². The van der Waals surface area contributed by atoms with Crippen molar-refractivity contribution in [3.8, 4) is 17.5 Å². The first-order chi connectivity index (χ1) is 12.8. The maximum Gasteiger partial charge on any atom is 0.244 e. The smallest absolute Gasteiger partial charge is 0.244 e. The Morgan fingerprint density at radius 3 is 3.00 bits per heavy atom. The lowest BCUT2D eigenvalue weighted by Gasteiger charge is -2.32. The molecule has 1 atom stereocenters. The van der Waals surface area contributed by atoms with E-state index >= 15 is 0 Å². The summed E-state index contributed by atoms with van der Waals surface area (Å²) in [5.74, 6) is 1.17. The van der Waals surface area contributed by atoms with E-state index in [1.807, 2.05) is 36.5 Å². The maximum atomic E-state index is 9.07. The third-order valence-electron chi connectivity index (χ3n) is 4.68. The Balaban J connectivity index is 1.57. The molecule has 130 valence electrons. The summed E-state index contributed by atoms with van der Waals surface area (Å²) in [7, 11) is 0. The molecule has 1 aliphatic rings. The normalized spacial score (nSPS) is 17.7. The zero-order valence-electron chi connectivity index (χ0n) is 14.4. The summed E-state index contributed by atoms with van der Waals surface area (Å²) in [5, 5.41) is 13.2. The Hall–Kier alpha value is -3.04. The Kier molecular flexibility index (Phi) is 4.71. The molecular formula is C20H19N5O. The summed E-state index contributed by atoms with van der Waals surface area (Å²) in [6.45, 7) is 1.76. The molecule has 0 aliphatic carbocycles. The van der Waals surface area contributed by atoms with Gasteiger partial charge in [-0.25, -0.2) is 0 Å². The van der Waals surface area contributed by atoms with Crippen molar-refractivity contribution in [1.29, 1.82) is 5.26 Å². The highest BCUT2D eigenvalue weighted by Gasteiger charge is 2.29. The molecule has 4 rings (SSSR count). The highest BCUT2D eigenvalue weighted by atomic mass is 16.5. The van der Waals surface area contributed by atoms with Crippen molar-refractivity contribution in [2.45, 2.75) is 31.8 Å². The number of pyridine rings is 1. The van der Waals surface area contributed by atoms with E-state index in [4.69, 9.17) is 9.78 Å². The van der Waals surface area contributed by atoms with Gasteiger partial charge in [-0.2, -0.15) is 10.2 Å². The molecule has 26 heavy (non-hydrogen) atoms. The highest BCUT2D eigenvalue weighted by Crippen LogP contribution is 2.32. The molecule has 0 bridgehead atoms. The van der Waals surface area contributed by atoms with Gasteiger partial charge in [-0.05, 0) is 43.7 Å². The third kappa shape index (κ3) is 3.48. The van der Waals surface area contributed by atoms with Crippen molar-refractivity contribution in [3.63, 3.8) is 0 Å². The molecule has 0 radical (unpaired) electrons. The van der Waals surface area contributed by atoms with E-state index < -0.39 is 0 Å². The van der Waals surface area contributed by atoms with Crippen molar-refractivity contribution in [1.82, 2.24) is 20.0 Å². The first-order valence-corrected chi connectivity index (χ1v) is 8.81. The fourth-order valence-electron chi connectivity index (χ4n) is 3.38. The van der Waals surface area contributed by atoms with E-state index in [-0.39, 0.29) is 6.04 Å². The van der Waals surface area contributed by atoms with E-state index in [1.165, 1.54) is 0 Å². The van der Waals surface area contributed by atoms with E-state index in [1.54, 1.807) is 12.1 Å². The third-order valence-corrected chi connectivity index (χ3v) is 4.68. The number of hydrogen-bond donors (Lipinski definition) is 0. The lowest BCUT2D eigenvalue weighted by Crippen LogP contribution is -2.33. The Morgan fingerprint density at radius 1 is 1.19 bits per heavy atom. The van der Waals surface area contributed by atoms with Crippen LogP contribution in [0, 0.1) is 11.3 Å². The molecule has 3 heterocycles. The Bertz CT molecular complexity index is 915. The summed E-state index contributed by atoms with van der Waals surface area (Å²) in [6, 6.07) is 15.5. The maximum absolute atomic E-state index is 9.07. The fourth-order valence-corrected chi connectivity index (χ4v) is 3.38. The number of likely N-dealkylation sites (tertiary alicyclic amines) is 1. The minimum Gasteiger partial charge on any atom is -0.337 e. The average Bonchev–Trinajstić information content (AvgIpc) is 3.19. The van der Waals surface area contributed by atoms with Gasteiger partial charge in [0, 0.05) is 18.3 Å². The minimum atomic E-state index is 0.103. The summed E-state index contributed by atoms with van der Waals surface area (Å²) >= 11 is 0. The van der Waals surface area contributed by atoms with Crippen LogP contribution in [0.5, 0.6) is 0 Å². The van der Waals surface area contributed by atoms with Crippen molar-refractivity contribution < 1.29 is 4.52 Å². The minimum absolute atomic E-state index is 0.103. The lowest BCUT2D eigenvalue weighted by molar-refractivity contribution is 0.110. The van der Waals surface area contributed by atoms with Crippen LogP contribution in [-0.2, 0) is 6.54 Å². The van der Waals surface area contributed by atoms with Crippen molar-refractivity contribution in [2.24, 2.45) is 0 Å². The standard InChI is InChI=1S/C20H19N5O/c21-13-15-6-5-7-16(12-15)19-23-20(26-24-19)18-9-2-4-11-25(18)14-17-8-1-3-10-22-17/h1,3,5-8,10,12,18H,2,4,9,11,14H2/t18-/m0/s1. The molecule has 1 fully saturated rings. The van der Waals surface area contributed by atoms with Crippen LogP contribution in [0.2, 0.25) is 0 Å². The molecule has 6 heteroatoms. The van der Waals surface area contributed by atoms with Crippen LogP contribution in [0.25, 0.3) is 11.4 Å². The van der Waals surface area contributed by atoms with Gasteiger partial charge in [0.1, 0.15) is 0 Å². The molecule has 0 unspecified atom stereocenters. The second-order valence-electron chi connectivity index (χ2n) is 6.45. The molecule has 0 spiro atoms. The quantitative estimate of drug-likeness (QED) is 0.717. The van der Waals surface area contributed by atoms with Crippen LogP contribution in [-0.4, -0.2) is 26.6 Å². The van der Waals surface area contributed by atoms with Gasteiger partial charge >= 0.3 is 0 Å². The molecule has 0 amide bonds. The largest absolute Gasteiger partial charge is 0.337 e. The molecule has 6 nitrogen and oxygen atoms in total. The van der Waals surface area contributed by atoms with E-state index in [2.05, 4.69) is 26.1 Å². The molecular weight excluding hydrogens is 326 g/mol. The number of piperidine rings is 1. The molecule has 0 N–H and O–H groups in total. The van der Waals surface area contributed by atoms with Gasteiger partial charge in [0.25, 0.3) is 0 Å². The van der Waals surface area contributed by atoms with E-state index in [9.17, 15) is 0 Å². The van der Waals surface area contributed by atoms with E-state index in [0.29, 0.717) is 17.3 Å². The molecule has 1 aliphatic heterocycles. The number of benzene rings is 1. The average molecular weight is 345 g/mol. The van der Waals surface area contributed by atoms with Crippen molar-refractivity contribution in [2.75, 3.05) is 6.54 Å². The van der Waals surface area contributed by atoms with Gasteiger partial charge in [-0.3, -0.25) is 9.88 Å². The second kappa shape index (κ2) is 7.46. The van der Waals surface area contributed by atoms with E-state index in [0.717, 1.165) is 43.6 Å². The number of nitrogens with zero attached hydrogens (tertiary/aromatic N) is 5. The van der Waals surface area contributed by atoms with Gasteiger partial charge in [0.05, 0.1) is 23.4 Å². The predicted octanol–water partition coefficient (Wildman–Crippen LogP) is 3.73. The lowest BCUT2D eigenvalue weighted by atomic mass is 10.0. The summed E-state index contributed by atoms with van der Waals surface area (Å²) in [6.07, 6.45) is 5.12. The number of hydrogen-bond acceptors (Lipinski definition) is 6. The summed E-state index contributed by atoms with van der Waals surface area (Å²) in [4.78, 5) is 11.4. The van der Waals surface area contributed by atoms with Crippen molar-refractivity contribution >= 4 is 0 Å². The molecule has 2 aromatic heterocycles. The van der Waals surface area contributed by atoms with Gasteiger partial charge < -0.3 is 4.52 Å². The monoisotopic (exact) mass is 345 g/mol. The Morgan fingerprint density at radius 2 is 2.15 bits per heavy atom. The van der Waals surface area contributed by atoms with Gasteiger partial charge in [0.15, 0.2) is 0 Å². The van der Waals surface area contributed by atoms with Crippen LogP contribution in [0.4, 0.5) is 0 Å². The van der Waals surface area contributed by atoms with Crippen molar-refractivity contribution in [3.05, 3.63) is 65.8 Å². The zero-order valence-corrected chi connectivity index (χ0v) is 14.4. The van der Waals surface area contributed by atoms with Crippen LogP contribution in [0.3, 0.4) is 0 Å². The van der Waals surface area contributed by atoms with Crippen LogP contribution in [0.15, 0.2) is 53.2 Å². The fraction of sp³-hybridized carbons (Fsp3) is 0.300. The van der Waals surface area contributed by atoms with Crippen LogP contribution < -0.4 is 0 Å². The number of nitriles is 1. The first kappa shape index (κ1) is 16.4. The van der Waals surface area contributed by atoms with Gasteiger partial charge in [-0.1, -0.05) is 29.8 Å². The zero-order chi connectivity index (χ0) is 17.8. The summed E-state index contributed by atoms with van der Waals surface area (Å²) in [5.41, 5.74) is 2.43. The first-order valence-electron chi connectivity index (χ1n) is 8.81.